The fraction of sp³-hybridized carbons (Fsp3) is 0.161. The Bertz CT molecular complexity index is 1050. The molecule has 163 valence electrons. The van der Waals surface area contributed by atoms with Crippen molar-refractivity contribution < 1.29 is 26.2 Å². The van der Waals surface area contributed by atoms with Crippen LogP contribution in [0.1, 0.15) is 45.2 Å². The number of allylic oxidation sites excluding steroid dienone is 10. The van der Waals surface area contributed by atoms with Crippen LogP contribution in [0.25, 0.3) is 0 Å². The van der Waals surface area contributed by atoms with Gasteiger partial charge in [0.05, 0.1) is 0 Å². The largest absolute Gasteiger partial charge is 4.00 e. The van der Waals surface area contributed by atoms with Crippen LogP contribution in [0.15, 0.2) is 96.2 Å². The standard InChI is InChI=1S/2C14H11.CH3Si.2CH3.Zr/c2*1-10-6-7-14-12(8-10)9-11-4-2-3-5-13(11)14;1-2;;;/h2*2-8,13H,1H3;1H3;2*1H3;/q2*-1;;2*-1;+4. The molecule has 2 unspecified atom stereocenters. The zero-order valence-corrected chi connectivity index (χ0v) is 23.7. The molecule has 0 aromatic heterocycles. The molecule has 0 heterocycles. The monoisotopic (exact) mass is 521 g/mol. The first kappa shape index (κ1) is 29.0. The molecular weight excluding hydrogens is 492 g/mol. The Labute approximate surface area is 224 Å². The summed E-state index contributed by atoms with van der Waals surface area (Å²) < 4.78 is 0. The van der Waals surface area contributed by atoms with E-state index < -0.39 is 0 Å². The number of rotatable bonds is 0. The van der Waals surface area contributed by atoms with Crippen molar-refractivity contribution in [1.82, 2.24) is 0 Å². The fourth-order valence-electron chi connectivity index (χ4n) is 4.28. The van der Waals surface area contributed by atoms with E-state index in [1.54, 1.807) is 6.55 Å². The Morgan fingerprint density at radius 2 is 1.03 bits per heavy atom. The number of aryl methyl sites for hydroxylation is 2. The molecule has 0 amide bonds. The first-order chi connectivity index (χ1) is 14.7. The van der Waals surface area contributed by atoms with E-state index in [0.717, 1.165) is 0 Å². The molecule has 0 saturated heterocycles. The summed E-state index contributed by atoms with van der Waals surface area (Å²) in [5, 5.41) is 0. The van der Waals surface area contributed by atoms with E-state index in [-0.39, 0.29) is 41.1 Å². The Morgan fingerprint density at radius 1 is 0.636 bits per heavy atom. The number of benzene rings is 2. The van der Waals surface area contributed by atoms with Crippen molar-refractivity contribution in [2.24, 2.45) is 0 Å². The Hall–Kier alpha value is -2.02. The molecule has 33 heavy (non-hydrogen) atoms. The summed E-state index contributed by atoms with van der Waals surface area (Å²) in [7, 11) is 2.97. The maximum atomic E-state index is 3.46. The third kappa shape index (κ3) is 6.11. The van der Waals surface area contributed by atoms with Crippen LogP contribution in [0, 0.1) is 40.9 Å². The van der Waals surface area contributed by atoms with Gasteiger partial charge in [-0.2, -0.15) is 0 Å². The molecule has 0 aliphatic heterocycles. The molecule has 0 saturated carbocycles. The molecule has 0 fully saturated rings. The Morgan fingerprint density at radius 3 is 1.42 bits per heavy atom. The minimum absolute atomic E-state index is 0. The van der Waals surface area contributed by atoms with Gasteiger partial charge in [-0.3, -0.25) is 0 Å². The van der Waals surface area contributed by atoms with Crippen LogP contribution in [0.4, 0.5) is 0 Å². The quantitative estimate of drug-likeness (QED) is 0.246. The second-order valence-electron chi connectivity index (χ2n) is 7.79. The minimum atomic E-state index is 0. The number of fused-ring (bicyclic) bond motifs is 6. The van der Waals surface area contributed by atoms with Gasteiger partial charge in [0.1, 0.15) is 0 Å². The van der Waals surface area contributed by atoms with Gasteiger partial charge >= 0.3 is 26.2 Å². The van der Waals surface area contributed by atoms with E-state index in [9.17, 15) is 0 Å². The van der Waals surface area contributed by atoms with Gasteiger partial charge < -0.3 is 14.9 Å². The molecule has 0 nitrogen and oxygen atoms in total. The minimum Gasteiger partial charge on any atom is -0.358 e. The van der Waals surface area contributed by atoms with Crippen LogP contribution in [0.5, 0.6) is 0 Å². The summed E-state index contributed by atoms with van der Waals surface area (Å²) in [6.07, 6.45) is 24.1. The van der Waals surface area contributed by atoms with Crippen molar-refractivity contribution in [3.8, 4) is 0 Å². The van der Waals surface area contributed by atoms with Crippen LogP contribution >= 0.6 is 0 Å². The van der Waals surface area contributed by atoms with Gasteiger partial charge in [-0.25, -0.2) is 0 Å². The van der Waals surface area contributed by atoms with E-state index in [1.165, 1.54) is 44.5 Å². The summed E-state index contributed by atoms with van der Waals surface area (Å²) in [5.41, 5.74) is 10.5. The molecule has 6 rings (SSSR count). The summed E-state index contributed by atoms with van der Waals surface area (Å²) in [4.78, 5) is 0. The SMILES string of the molecule is C[Si].Cc1ccc2c(c1)[C-]=C1C=CC=CC12.Cc1ccc2c(c1)[C-]=C1C=CC=CC12.[CH3-].[CH3-].[Zr+4]. The average molecular weight is 523 g/mol. The summed E-state index contributed by atoms with van der Waals surface area (Å²) >= 11 is 0. The predicted molar refractivity (Wildman–Crippen MR) is 141 cm³/mol. The molecule has 4 aliphatic rings. The van der Waals surface area contributed by atoms with Crippen molar-refractivity contribution in [1.29, 1.82) is 0 Å². The summed E-state index contributed by atoms with van der Waals surface area (Å²) in [5.74, 6) is 0.909. The van der Waals surface area contributed by atoms with Crippen LogP contribution in [-0.4, -0.2) is 10.2 Å². The molecule has 3 radical (unpaired) electrons. The molecule has 0 bridgehead atoms. The van der Waals surface area contributed by atoms with Gasteiger partial charge in [-0.15, -0.1) is 94.1 Å². The van der Waals surface area contributed by atoms with Gasteiger partial charge in [-0.05, 0) is 25.7 Å². The van der Waals surface area contributed by atoms with Crippen molar-refractivity contribution in [3.63, 3.8) is 0 Å². The summed E-state index contributed by atoms with van der Waals surface area (Å²) in [6, 6.07) is 13.2. The zero-order valence-electron chi connectivity index (χ0n) is 20.2. The second kappa shape index (κ2) is 13.0. The third-order valence-electron chi connectivity index (χ3n) is 5.70. The van der Waals surface area contributed by atoms with Gasteiger partial charge in [0.15, 0.2) is 0 Å². The summed E-state index contributed by atoms with van der Waals surface area (Å²) in [6.45, 7) is 6.06. The van der Waals surface area contributed by atoms with Crippen LogP contribution in [-0.2, 0) is 26.2 Å². The van der Waals surface area contributed by atoms with Gasteiger partial charge in [0, 0.05) is 10.2 Å². The molecular formula is C31H31SiZr. The molecule has 2 heteroatoms. The molecule has 2 atom stereocenters. The predicted octanol–water partition coefficient (Wildman–Crippen LogP) is 7.69. The topological polar surface area (TPSA) is 0 Å². The third-order valence-corrected chi connectivity index (χ3v) is 5.70. The number of hydrogen-bond donors (Lipinski definition) is 0. The van der Waals surface area contributed by atoms with E-state index in [4.69, 9.17) is 0 Å². The van der Waals surface area contributed by atoms with Gasteiger partial charge in [-0.1, -0.05) is 54.1 Å². The van der Waals surface area contributed by atoms with Crippen LogP contribution < -0.4 is 0 Å². The molecule has 4 aliphatic carbocycles. The number of hydrogen-bond acceptors (Lipinski definition) is 0. The van der Waals surface area contributed by atoms with E-state index in [0.29, 0.717) is 11.8 Å². The average Bonchev–Trinajstić information content (AvgIpc) is 3.32. The smallest absolute Gasteiger partial charge is 0.358 e. The van der Waals surface area contributed by atoms with Gasteiger partial charge in [0.25, 0.3) is 0 Å². The maximum Gasteiger partial charge on any atom is 4.00 e. The first-order valence-electron chi connectivity index (χ1n) is 10.4. The molecule has 0 N–H and O–H groups in total. The van der Waals surface area contributed by atoms with Crippen LogP contribution in [0.3, 0.4) is 0 Å². The first-order valence-corrected chi connectivity index (χ1v) is 11.4. The molecule has 2 aromatic carbocycles. The van der Waals surface area contributed by atoms with Crippen LogP contribution in [0.2, 0.25) is 6.55 Å². The van der Waals surface area contributed by atoms with E-state index in [2.05, 4.69) is 121 Å². The van der Waals surface area contributed by atoms with Crippen molar-refractivity contribution in [2.45, 2.75) is 32.2 Å². The van der Waals surface area contributed by atoms with Crippen molar-refractivity contribution in [2.75, 3.05) is 0 Å². The van der Waals surface area contributed by atoms with Crippen molar-refractivity contribution in [3.05, 3.63) is 157 Å². The maximum absolute atomic E-state index is 3.46. The Balaban J connectivity index is 0.000000283. The molecule has 2 aromatic rings. The van der Waals surface area contributed by atoms with Crippen molar-refractivity contribution >= 4 is 10.2 Å². The zero-order chi connectivity index (χ0) is 21.1. The van der Waals surface area contributed by atoms with E-state index >= 15 is 0 Å². The Kier molecular flexibility index (Phi) is 11.4. The molecule has 0 spiro atoms. The normalized spacial score (nSPS) is 18.7. The van der Waals surface area contributed by atoms with Gasteiger partial charge in [0.2, 0.25) is 0 Å². The fourth-order valence-corrected chi connectivity index (χ4v) is 4.28. The van der Waals surface area contributed by atoms with E-state index in [1.807, 2.05) is 0 Å². The second-order valence-corrected chi connectivity index (χ2v) is 7.79.